The molecule has 5 heteroatoms. The third kappa shape index (κ3) is 4.56. The first kappa shape index (κ1) is 13.7. The maximum atomic E-state index is 13.2. The number of hydrogen-bond donors (Lipinski definition) is 0. The Balaban J connectivity index is 2.44. The van der Waals surface area contributed by atoms with Gasteiger partial charge in [-0.3, -0.25) is 4.79 Å². The van der Waals surface area contributed by atoms with Gasteiger partial charge >= 0.3 is 0 Å². The van der Waals surface area contributed by atoms with Crippen molar-refractivity contribution in [2.24, 2.45) is 0 Å². The average Bonchev–Trinajstić information content (AvgIpc) is 2.27. The van der Waals surface area contributed by atoms with Gasteiger partial charge in [0.05, 0.1) is 6.61 Å². The topological polar surface area (TPSA) is 26.3 Å². The van der Waals surface area contributed by atoms with Crippen LogP contribution in [-0.4, -0.2) is 25.4 Å². The number of ether oxygens (including phenoxy) is 1. The van der Waals surface area contributed by atoms with Crippen molar-refractivity contribution in [3.05, 3.63) is 35.1 Å². The molecule has 0 fully saturated rings. The van der Waals surface area contributed by atoms with Crippen molar-refractivity contribution in [3.63, 3.8) is 0 Å². The van der Waals surface area contributed by atoms with E-state index in [4.69, 9.17) is 0 Å². The van der Waals surface area contributed by atoms with E-state index in [1.165, 1.54) is 12.1 Å². The minimum Gasteiger partial charge on any atom is -0.375 e. The number of rotatable bonds is 6. The molecule has 0 aromatic heterocycles. The summed E-state index contributed by atoms with van der Waals surface area (Å²) in [6.07, 6.45) is -2.57. The average molecular weight is 246 g/mol. The van der Waals surface area contributed by atoms with Gasteiger partial charge in [-0.25, -0.2) is 13.2 Å². The largest absolute Gasteiger partial charge is 0.375 e. The summed E-state index contributed by atoms with van der Waals surface area (Å²) in [6.45, 7) is 0.823. The van der Waals surface area contributed by atoms with E-state index >= 15 is 0 Å². The molecule has 0 unspecified atom stereocenters. The van der Waals surface area contributed by atoms with Gasteiger partial charge in [0, 0.05) is 12.0 Å². The summed E-state index contributed by atoms with van der Waals surface area (Å²) in [7, 11) is 0. The van der Waals surface area contributed by atoms with Gasteiger partial charge in [0.2, 0.25) is 0 Å². The van der Waals surface area contributed by atoms with E-state index in [0.717, 1.165) is 6.07 Å². The number of halogens is 3. The van der Waals surface area contributed by atoms with Crippen molar-refractivity contribution < 1.29 is 22.7 Å². The SMILES string of the molecule is Cc1ccc(C(=O)CCOCC(F)F)cc1F. The Hall–Kier alpha value is -1.36. The predicted octanol–water partition coefficient (Wildman–Crippen LogP) is 2.99. The Labute approximate surface area is 97.4 Å². The molecule has 0 saturated heterocycles. The Kier molecular flexibility index (Phi) is 5.15. The van der Waals surface area contributed by atoms with E-state index in [1.54, 1.807) is 6.92 Å². The Morgan fingerprint density at radius 2 is 2.12 bits per heavy atom. The molecule has 2 nitrogen and oxygen atoms in total. The molecule has 17 heavy (non-hydrogen) atoms. The fourth-order valence-corrected chi connectivity index (χ4v) is 1.25. The van der Waals surface area contributed by atoms with Crippen molar-refractivity contribution in [2.45, 2.75) is 19.8 Å². The lowest BCUT2D eigenvalue weighted by Gasteiger charge is -2.04. The quantitative estimate of drug-likeness (QED) is 0.569. The van der Waals surface area contributed by atoms with Crippen LogP contribution in [0.5, 0.6) is 0 Å². The number of carbonyl (C=O) groups is 1. The molecular formula is C12H13F3O2. The van der Waals surface area contributed by atoms with E-state index in [9.17, 15) is 18.0 Å². The lowest BCUT2D eigenvalue weighted by atomic mass is 10.1. The van der Waals surface area contributed by atoms with E-state index in [0.29, 0.717) is 5.56 Å². The first-order valence-corrected chi connectivity index (χ1v) is 5.16. The minimum absolute atomic E-state index is 0.0325. The zero-order chi connectivity index (χ0) is 12.8. The molecular weight excluding hydrogens is 233 g/mol. The standard InChI is InChI=1S/C12H13F3O2/c1-8-2-3-9(6-10(8)13)11(16)4-5-17-7-12(14)15/h2-3,6,12H,4-5,7H2,1H3. The van der Waals surface area contributed by atoms with Crippen LogP contribution in [-0.2, 0) is 4.74 Å². The zero-order valence-corrected chi connectivity index (χ0v) is 9.38. The molecule has 1 aromatic rings. The molecule has 0 aliphatic carbocycles. The summed E-state index contributed by atoms with van der Waals surface area (Å²) >= 11 is 0. The molecule has 1 rings (SSSR count). The normalized spacial score (nSPS) is 10.9. The summed E-state index contributed by atoms with van der Waals surface area (Å²) < 4.78 is 41.2. The molecule has 0 amide bonds. The van der Waals surface area contributed by atoms with Gasteiger partial charge in [-0.15, -0.1) is 0 Å². The van der Waals surface area contributed by atoms with Crippen molar-refractivity contribution >= 4 is 5.78 Å². The summed E-state index contributed by atoms with van der Waals surface area (Å²) in [5.41, 5.74) is 0.684. The third-order valence-corrected chi connectivity index (χ3v) is 2.21. The molecule has 0 bridgehead atoms. The number of aryl methyl sites for hydroxylation is 1. The first-order valence-electron chi connectivity index (χ1n) is 5.16. The Morgan fingerprint density at radius 1 is 1.41 bits per heavy atom. The van der Waals surface area contributed by atoms with Crippen molar-refractivity contribution in [3.8, 4) is 0 Å². The lowest BCUT2D eigenvalue weighted by molar-refractivity contribution is 0.0170. The molecule has 0 atom stereocenters. The highest BCUT2D eigenvalue weighted by atomic mass is 19.3. The van der Waals surface area contributed by atoms with Crippen molar-refractivity contribution in [1.82, 2.24) is 0 Å². The second-order valence-electron chi connectivity index (χ2n) is 3.60. The Morgan fingerprint density at radius 3 is 2.71 bits per heavy atom. The molecule has 0 aliphatic rings. The van der Waals surface area contributed by atoms with E-state index in [1.807, 2.05) is 0 Å². The summed E-state index contributed by atoms with van der Waals surface area (Å²) in [4.78, 5) is 11.5. The molecule has 0 radical (unpaired) electrons. The third-order valence-electron chi connectivity index (χ3n) is 2.21. The second-order valence-corrected chi connectivity index (χ2v) is 3.60. The highest BCUT2D eigenvalue weighted by Crippen LogP contribution is 2.11. The van der Waals surface area contributed by atoms with Crippen LogP contribution in [0.15, 0.2) is 18.2 Å². The van der Waals surface area contributed by atoms with Crippen LogP contribution >= 0.6 is 0 Å². The summed E-state index contributed by atoms with van der Waals surface area (Å²) in [6, 6.07) is 4.15. The summed E-state index contributed by atoms with van der Waals surface area (Å²) in [5.74, 6) is -0.775. The van der Waals surface area contributed by atoms with Crippen molar-refractivity contribution in [2.75, 3.05) is 13.2 Å². The maximum Gasteiger partial charge on any atom is 0.261 e. The molecule has 0 aliphatic heterocycles. The minimum atomic E-state index is -2.54. The maximum absolute atomic E-state index is 13.2. The smallest absolute Gasteiger partial charge is 0.261 e. The fourth-order valence-electron chi connectivity index (χ4n) is 1.25. The van der Waals surface area contributed by atoms with Crippen LogP contribution in [0, 0.1) is 12.7 Å². The number of benzene rings is 1. The van der Waals surface area contributed by atoms with Gasteiger partial charge in [0.1, 0.15) is 12.4 Å². The Bertz CT molecular complexity index is 391. The first-order chi connectivity index (χ1) is 8.00. The van der Waals surface area contributed by atoms with Crippen LogP contribution in [0.1, 0.15) is 22.3 Å². The van der Waals surface area contributed by atoms with Gasteiger partial charge in [-0.1, -0.05) is 12.1 Å². The molecule has 0 spiro atoms. The number of hydrogen-bond acceptors (Lipinski definition) is 2. The van der Waals surface area contributed by atoms with Crippen LogP contribution in [0.2, 0.25) is 0 Å². The molecule has 0 saturated carbocycles. The fraction of sp³-hybridized carbons (Fsp3) is 0.417. The highest BCUT2D eigenvalue weighted by Gasteiger charge is 2.09. The molecule has 1 aromatic carbocycles. The van der Waals surface area contributed by atoms with E-state index < -0.39 is 18.8 Å². The van der Waals surface area contributed by atoms with Crippen LogP contribution in [0.4, 0.5) is 13.2 Å². The van der Waals surface area contributed by atoms with Gasteiger partial charge in [0.15, 0.2) is 5.78 Å². The molecule has 0 heterocycles. The number of carbonyl (C=O) groups excluding carboxylic acids is 1. The number of Topliss-reactive ketones (excluding diaryl/α,β-unsaturated/α-hetero) is 1. The van der Waals surface area contributed by atoms with Crippen LogP contribution < -0.4 is 0 Å². The second kappa shape index (κ2) is 6.39. The van der Waals surface area contributed by atoms with Crippen LogP contribution in [0.25, 0.3) is 0 Å². The van der Waals surface area contributed by atoms with Gasteiger partial charge in [0.25, 0.3) is 6.43 Å². The van der Waals surface area contributed by atoms with E-state index in [-0.39, 0.29) is 24.4 Å². The van der Waals surface area contributed by atoms with Crippen molar-refractivity contribution in [1.29, 1.82) is 0 Å². The molecule has 94 valence electrons. The highest BCUT2D eigenvalue weighted by molar-refractivity contribution is 5.96. The number of ketones is 1. The zero-order valence-electron chi connectivity index (χ0n) is 9.38. The van der Waals surface area contributed by atoms with Crippen LogP contribution in [0.3, 0.4) is 0 Å². The number of alkyl halides is 2. The lowest BCUT2D eigenvalue weighted by Crippen LogP contribution is -2.09. The van der Waals surface area contributed by atoms with Gasteiger partial charge in [-0.05, 0) is 18.6 Å². The predicted molar refractivity (Wildman–Crippen MR) is 56.9 cm³/mol. The molecule has 0 N–H and O–H groups in total. The summed E-state index contributed by atoms with van der Waals surface area (Å²) in [5, 5.41) is 0. The van der Waals surface area contributed by atoms with E-state index in [2.05, 4.69) is 4.74 Å². The monoisotopic (exact) mass is 246 g/mol. The van der Waals surface area contributed by atoms with Gasteiger partial charge < -0.3 is 4.74 Å². The van der Waals surface area contributed by atoms with Gasteiger partial charge in [-0.2, -0.15) is 0 Å².